The van der Waals surface area contributed by atoms with Gasteiger partial charge in [0.15, 0.2) is 0 Å². The Hall–Kier alpha value is -3.00. The Balaban J connectivity index is 1.57. The van der Waals surface area contributed by atoms with Gasteiger partial charge in [0.2, 0.25) is 11.9 Å². The van der Waals surface area contributed by atoms with Crippen molar-refractivity contribution in [2.75, 3.05) is 51.3 Å². The van der Waals surface area contributed by atoms with Crippen molar-refractivity contribution < 1.29 is 14.3 Å². The van der Waals surface area contributed by atoms with Crippen LogP contribution >= 0.6 is 0 Å². The maximum absolute atomic E-state index is 13.1. The highest BCUT2D eigenvalue weighted by Gasteiger charge is 2.41. The zero-order chi connectivity index (χ0) is 21.6. The fourth-order valence-corrected chi connectivity index (χ4v) is 4.34. The number of rotatable bonds is 7. The standard InChI is InChI=1S/C23H29N5O3/c1-31-14-11-24-21(29)19-16-28(22(30)17-7-3-2-4-8-17)15-18(19)20-9-10-25-23(26-20)27-12-5-6-13-27/h2-4,7-10,18-19H,5-6,11-16H2,1H3,(H,24,29)/t18-,19-/m1/s1. The number of anilines is 1. The van der Waals surface area contributed by atoms with E-state index in [9.17, 15) is 9.59 Å². The minimum atomic E-state index is -0.370. The highest BCUT2D eigenvalue weighted by molar-refractivity contribution is 5.95. The van der Waals surface area contributed by atoms with Crippen LogP contribution in [0, 0.1) is 5.92 Å². The second-order valence-electron chi connectivity index (χ2n) is 8.05. The molecule has 0 unspecified atom stereocenters. The summed E-state index contributed by atoms with van der Waals surface area (Å²) in [6, 6.07) is 11.1. The number of nitrogens with zero attached hydrogens (tertiary/aromatic N) is 4. The van der Waals surface area contributed by atoms with Crippen LogP contribution in [-0.2, 0) is 9.53 Å². The van der Waals surface area contributed by atoms with E-state index >= 15 is 0 Å². The maximum Gasteiger partial charge on any atom is 0.253 e. The number of aromatic nitrogens is 2. The molecule has 2 fully saturated rings. The van der Waals surface area contributed by atoms with Gasteiger partial charge in [-0.05, 0) is 31.0 Å². The van der Waals surface area contributed by atoms with Gasteiger partial charge in [0.1, 0.15) is 0 Å². The molecule has 1 N–H and O–H groups in total. The van der Waals surface area contributed by atoms with E-state index in [1.807, 2.05) is 24.3 Å². The summed E-state index contributed by atoms with van der Waals surface area (Å²) >= 11 is 0. The van der Waals surface area contributed by atoms with E-state index in [0.29, 0.717) is 37.8 Å². The Morgan fingerprint density at radius 3 is 2.65 bits per heavy atom. The van der Waals surface area contributed by atoms with Gasteiger partial charge < -0.3 is 19.9 Å². The van der Waals surface area contributed by atoms with Gasteiger partial charge in [-0.2, -0.15) is 0 Å². The number of ether oxygens (including phenoxy) is 1. The molecule has 2 atom stereocenters. The number of methoxy groups -OCH3 is 1. The molecule has 2 amide bonds. The summed E-state index contributed by atoms with van der Waals surface area (Å²) in [5.74, 6) is 0.0187. The van der Waals surface area contributed by atoms with Gasteiger partial charge in [-0.1, -0.05) is 18.2 Å². The smallest absolute Gasteiger partial charge is 0.253 e. The molecule has 0 spiro atoms. The van der Waals surface area contributed by atoms with Crippen molar-refractivity contribution in [1.82, 2.24) is 20.2 Å². The third-order valence-electron chi connectivity index (χ3n) is 6.00. The molecule has 4 rings (SSSR count). The van der Waals surface area contributed by atoms with Crippen molar-refractivity contribution in [3.63, 3.8) is 0 Å². The van der Waals surface area contributed by atoms with Crippen LogP contribution in [0.25, 0.3) is 0 Å². The number of nitrogens with one attached hydrogen (secondary N) is 1. The number of amides is 2. The normalized spacial score (nSPS) is 20.8. The Bertz CT molecular complexity index is 901. The number of likely N-dealkylation sites (tertiary alicyclic amines) is 1. The summed E-state index contributed by atoms with van der Waals surface area (Å²) in [5, 5.41) is 2.94. The molecule has 0 bridgehead atoms. The lowest BCUT2D eigenvalue weighted by Gasteiger charge is -2.20. The lowest BCUT2D eigenvalue weighted by atomic mass is 9.92. The first-order valence-corrected chi connectivity index (χ1v) is 10.9. The van der Waals surface area contributed by atoms with Crippen molar-refractivity contribution >= 4 is 17.8 Å². The zero-order valence-corrected chi connectivity index (χ0v) is 17.9. The van der Waals surface area contributed by atoms with Crippen LogP contribution in [0.2, 0.25) is 0 Å². The zero-order valence-electron chi connectivity index (χ0n) is 17.9. The molecule has 1 aromatic heterocycles. The molecule has 8 nitrogen and oxygen atoms in total. The minimum Gasteiger partial charge on any atom is -0.383 e. The third kappa shape index (κ3) is 4.85. The SMILES string of the molecule is COCCNC(=O)[C@@H]1CN(C(=O)c2ccccc2)C[C@H]1c1ccnc(N2CCCC2)n1. The van der Waals surface area contributed by atoms with E-state index in [1.54, 1.807) is 30.3 Å². The second-order valence-corrected chi connectivity index (χ2v) is 8.05. The summed E-state index contributed by atoms with van der Waals surface area (Å²) in [5.41, 5.74) is 1.44. The molecule has 2 aromatic rings. The van der Waals surface area contributed by atoms with E-state index in [0.717, 1.165) is 31.6 Å². The van der Waals surface area contributed by atoms with Gasteiger partial charge >= 0.3 is 0 Å². The molecule has 2 saturated heterocycles. The molecule has 31 heavy (non-hydrogen) atoms. The maximum atomic E-state index is 13.1. The number of benzene rings is 1. The van der Waals surface area contributed by atoms with E-state index in [-0.39, 0.29) is 23.7 Å². The quantitative estimate of drug-likeness (QED) is 0.682. The Morgan fingerprint density at radius 2 is 1.90 bits per heavy atom. The largest absolute Gasteiger partial charge is 0.383 e. The lowest BCUT2D eigenvalue weighted by molar-refractivity contribution is -0.125. The van der Waals surface area contributed by atoms with Crippen LogP contribution in [0.15, 0.2) is 42.6 Å². The average Bonchev–Trinajstić information content (AvgIpc) is 3.50. The predicted octanol–water partition coefficient (Wildman–Crippen LogP) is 1.70. The summed E-state index contributed by atoms with van der Waals surface area (Å²) in [6.07, 6.45) is 4.04. The fourth-order valence-electron chi connectivity index (χ4n) is 4.34. The second kappa shape index (κ2) is 9.87. The van der Waals surface area contributed by atoms with Gasteiger partial charge in [0, 0.05) is 57.5 Å². The van der Waals surface area contributed by atoms with E-state index < -0.39 is 0 Å². The van der Waals surface area contributed by atoms with Crippen molar-refractivity contribution in [2.24, 2.45) is 5.92 Å². The topological polar surface area (TPSA) is 87.7 Å². The van der Waals surface area contributed by atoms with Crippen LogP contribution in [0.4, 0.5) is 5.95 Å². The third-order valence-corrected chi connectivity index (χ3v) is 6.00. The van der Waals surface area contributed by atoms with Crippen molar-refractivity contribution in [1.29, 1.82) is 0 Å². The molecule has 164 valence electrons. The molecule has 0 aliphatic carbocycles. The van der Waals surface area contributed by atoms with Gasteiger partial charge in [0.05, 0.1) is 18.2 Å². The monoisotopic (exact) mass is 423 g/mol. The summed E-state index contributed by atoms with van der Waals surface area (Å²) < 4.78 is 5.05. The molecule has 1 aromatic carbocycles. The fraction of sp³-hybridized carbons (Fsp3) is 0.478. The van der Waals surface area contributed by atoms with Crippen molar-refractivity contribution in [3.05, 3.63) is 53.9 Å². The highest BCUT2D eigenvalue weighted by atomic mass is 16.5. The van der Waals surface area contributed by atoms with Gasteiger partial charge in [-0.25, -0.2) is 9.97 Å². The van der Waals surface area contributed by atoms with Crippen molar-refractivity contribution in [3.8, 4) is 0 Å². The molecule has 0 saturated carbocycles. The van der Waals surface area contributed by atoms with E-state index in [1.165, 1.54) is 0 Å². The van der Waals surface area contributed by atoms with E-state index in [2.05, 4.69) is 15.2 Å². The van der Waals surface area contributed by atoms with Crippen molar-refractivity contribution in [2.45, 2.75) is 18.8 Å². The first-order chi connectivity index (χ1) is 15.2. The highest BCUT2D eigenvalue weighted by Crippen LogP contribution is 2.33. The van der Waals surface area contributed by atoms with Gasteiger partial charge in [-0.3, -0.25) is 9.59 Å². The van der Waals surface area contributed by atoms with Crippen LogP contribution in [-0.4, -0.2) is 73.1 Å². The summed E-state index contributed by atoms with van der Waals surface area (Å²) in [4.78, 5) is 39.2. The first-order valence-electron chi connectivity index (χ1n) is 10.9. The number of carbonyl (C=O) groups is 2. The summed E-state index contributed by atoms with van der Waals surface area (Å²) in [7, 11) is 1.60. The molecular weight excluding hydrogens is 394 g/mol. The predicted molar refractivity (Wildman–Crippen MR) is 117 cm³/mol. The molecule has 2 aliphatic heterocycles. The Labute approximate surface area is 182 Å². The lowest BCUT2D eigenvalue weighted by Crippen LogP contribution is -2.37. The average molecular weight is 424 g/mol. The molecule has 0 radical (unpaired) electrons. The van der Waals surface area contributed by atoms with Crippen LogP contribution < -0.4 is 10.2 Å². The molecule has 8 heteroatoms. The Morgan fingerprint density at radius 1 is 1.13 bits per heavy atom. The van der Waals surface area contributed by atoms with Crippen LogP contribution in [0.5, 0.6) is 0 Å². The molecular formula is C23H29N5O3. The molecule has 2 aliphatic rings. The molecule has 3 heterocycles. The van der Waals surface area contributed by atoms with Crippen LogP contribution in [0.1, 0.15) is 34.8 Å². The van der Waals surface area contributed by atoms with E-state index in [4.69, 9.17) is 9.72 Å². The van der Waals surface area contributed by atoms with Crippen LogP contribution in [0.3, 0.4) is 0 Å². The number of carbonyl (C=O) groups excluding carboxylic acids is 2. The summed E-state index contributed by atoms with van der Waals surface area (Å²) in [6.45, 7) is 3.60. The van der Waals surface area contributed by atoms with Gasteiger partial charge in [-0.15, -0.1) is 0 Å². The first kappa shape index (κ1) is 21.2. The number of hydrogen-bond acceptors (Lipinski definition) is 6. The Kier molecular flexibility index (Phi) is 6.76. The number of hydrogen-bond donors (Lipinski definition) is 1. The minimum absolute atomic E-state index is 0.0633. The van der Waals surface area contributed by atoms with Gasteiger partial charge in [0.25, 0.3) is 5.91 Å².